The number of aliphatic hydroxyl groups excluding tert-OH is 2. The summed E-state index contributed by atoms with van der Waals surface area (Å²) in [6, 6.07) is 7.49. The number of hydrogen-bond donors (Lipinski definition) is 2. The molecule has 0 amide bonds. The summed E-state index contributed by atoms with van der Waals surface area (Å²) in [5.41, 5.74) is -0.601. The van der Waals surface area contributed by atoms with Crippen LogP contribution in [-0.2, 0) is 20.9 Å². The van der Waals surface area contributed by atoms with E-state index in [-0.39, 0.29) is 47.3 Å². The summed E-state index contributed by atoms with van der Waals surface area (Å²) >= 11 is 1.38. The first-order chi connectivity index (χ1) is 16.5. The van der Waals surface area contributed by atoms with Crippen LogP contribution in [-0.4, -0.2) is 39.9 Å². The van der Waals surface area contributed by atoms with Gasteiger partial charge >= 0.3 is 5.97 Å². The van der Waals surface area contributed by atoms with Crippen molar-refractivity contribution in [3.05, 3.63) is 42.5 Å². The second kappa shape index (κ2) is 9.68. The van der Waals surface area contributed by atoms with Crippen LogP contribution in [0.15, 0.2) is 41.8 Å². The zero-order valence-corrected chi connectivity index (χ0v) is 22.3. The number of aliphatic hydroxyl groups is 2. The molecule has 3 aliphatic carbocycles. The zero-order chi connectivity index (χ0) is 25.6. The molecule has 0 radical (unpaired) electrons. The molecule has 0 heterocycles. The van der Waals surface area contributed by atoms with Crippen LogP contribution >= 0.6 is 11.8 Å². The van der Waals surface area contributed by atoms with Crippen molar-refractivity contribution in [2.45, 2.75) is 83.5 Å². The van der Waals surface area contributed by atoms with Crippen LogP contribution in [0.5, 0.6) is 0 Å². The number of rotatable bonds is 6. The van der Waals surface area contributed by atoms with E-state index in [2.05, 4.69) is 27.4 Å². The minimum absolute atomic E-state index is 0.0419. The van der Waals surface area contributed by atoms with E-state index in [4.69, 9.17) is 4.74 Å². The predicted molar refractivity (Wildman–Crippen MR) is 138 cm³/mol. The minimum Gasteiger partial charge on any atom is -0.461 e. The molecule has 3 saturated carbocycles. The number of thioether (sulfide) groups is 1. The third kappa shape index (κ3) is 4.30. The van der Waals surface area contributed by atoms with E-state index in [1.54, 1.807) is 0 Å². The highest BCUT2D eigenvalue weighted by Crippen LogP contribution is 2.68. The molecule has 0 saturated heterocycles. The fraction of sp³-hybridized carbons (Fsp3) is 0.655. The second-order valence-corrected chi connectivity index (χ2v) is 12.7. The van der Waals surface area contributed by atoms with Gasteiger partial charge in [-0.2, -0.15) is 0 Å². The average molecular weight is 501 g/mol. The summed E-state index contributed by atoms with van der Waals surface area (Å²) in [5, 5.41) is 21.0. The van der Waals surface area contributed by atoms with E-state index < -0.39 is 23.0 Å². The van der Waals surface area contributed by atoms with Crippen molar-refractivity contribution in [2.24, 2.45) is 34.0 Å². The number of Topliss-reactive ketones (excluding diaryl/α,β-unsaturated/α-hetero) is 1. The van der Waals surface area contributed by atoms with Crippen molar-refractivity contribution in [1.82, 2.24) is 0 Å². The molecule has 192 valence electrons. The van der Waals surface area contributed by atoms with Crippen molar-refractivity contribution < 1.29 is 24.5 Å². The van der Waals surface area contributed by atoms with E-state index in [1.807, 2.05) is 37.3 Å². The Labute approximate surface area is 213 Å². The number of ether oxygens (including phenoxy) is 1. The van der Waals surface area contributed by atoms with Crippen LogP contribution in [0, 0.1) is 34.0 Å². The summed E-state index contributed by atoms with van der Waals surface area (Å²) in [6.45, 7) is 12.5. The van der Waals surface area contributed by atoms with Gasteiger partial charge in [-0.15, -0.1) is 18.3 Å². The third-order valence-corrected chi connectivity index (χ3v) is 11.0. The molecule has 0 spiro atoms. The maximum Gasteiger partial charge on any atom is 0.316 e. The highest BCUT2D eigenvalue weighted by molar-refractivity contribution is 8.00. The lowest BCUT2D eigenvalue weighted by Gasteiger charge is -2.61. The number of hydrogen-bond acceptors (Lipinski definition) is 6. The lowest BCUT2D eigenvalue weighted by molar-refractivity contribution is -0.205. The van der Waals surface area contributed by atoms with Crippen LogP contribution in [0.1, 0.15) is 65.4 Å². The summed E-state index contributed by atoms with van der Waals surface area (Å²) in [4.78, 5) is 27.5. The van der Waals surface area contributed by atoms with Gasteiger partial charge in [-0.05, 0) is 60.6 Å². The first-order valence-corrected chi connectivity index (χ1v) is 13.9. The van der Waals surface area contributed by atoms with Crippen LogP contribution < -0.4 is 0 Å². The first-order valence-electron chi connectivity index (χ1n) is 12.9. The Morgan fingerprint density at radius 1 is 1.29 bits per heavy atom. The van der Waals surface area contributed by atoms with Gasteiger partial charge in [0.2, 0.25) is 0 Å². The maximum absolute atomic E-state index is 13.5. The van der Waals surface area contributed by atoms with Crippen molar-refractivity contribution in [3.63, 3.8) is 0 Å². The van der Waals surface area contributed by atoms with Gasteiger partial charge in [0.1, 0.15) is 11.9 Å². The van der Waals surface area contributed by atoms with Gasteiger partial charge in [0, 0.05) is 28.1 Å². The molecule has 2 N–H and O–H groups in total. The van der Waals surface area contributed by atoms with E-state index in [0.29, 0.717) is 12.8 Å². The number of carbonyl (C=O) groups is 2. The van der Waals surface area contributed by atoms with Crippen LogP contribution in [0.4, 0.5) is 0 Å². The summed E-state index contributed by atoms with van der Waals surface area (Å²) in [7, 11) is 0. The Morgan fingerprint density at radius 3 is 2.71 bits per heavy atom. The fourth-order valence-electron chi connectivity index (χ4n) is 7.57. The summed E-state index contributed by atoms with van der Waals surface area (Å²) < 4.78 is 6.28. The molecule has 8 atom stereocenters. The van der Waals surface area contributed by atoms with E-state index in [1.165, 1.54) is 11.8 Å². The molecule has 3 aliphatic rings. The predicted octanol–water partition coefficient (Wildman–Crippen LogP) is 5.18. The smallest absolute Gasteiger partial charge is 0.316 e. The summed E-state index contributed by atoms with van der Waals surface area (Å²) in [5.74, 6) is 0.0363. The molecule has 1 aromatic rings. The Kier molecular flexibility index (Phi) is 7.31. The van der Waals surface area contributed by atoms with Gasteiger partial charge in [0.25, 0.3) is 0 Å². The number of benzene rings is 1. The van der Waals surface area contributed by atoms with Gasteiger partial charge in [-0.1, -0.05) is 45.9 Å². The SMILES string of the molecule is C=C[C@]1(C)C[C@@H](OC(=O)CSc2cccc(CO)c2)[C@]2(C)C(C)CC[C@@]3(CCC(=O)[C@H]32)[C@@H](C)[C@@H]1O. The molecule has 6 heteroatoms. The Hall–Kier alpha value is -1.63. The maximum atomic E-state index is 13.5. The highest BCUT2D eigenvalue weighted by atomic mass is 32.2. The van der Waals surface area contributed by atoms with Crippen LogP contribution in [0.25, 0.3) is 0 Å². The molecule has 35 heavy (non-hydrogen) atoms. The Morgan fingerprint density at radius 2 is 2.03 bits per heavy atom. The molecule has 1 unspecified atom stereocenters. The van der Waals surface area contributed by atoms with Gasteiger partial charge in [0.15, 0.2) is 0 Å². The molecule has 3 fully saturated rings. The topological polar surface area (TPSA) is 83.8 Å². The van der Waals surface area contributed by atoms with Gasteiger partial charge in [-0.3, -0.25) is 9.59 Å². The second-order valence-electron chi connectivity index (χ2n) is 11.7. The van der Waals surface area contributed by atoms with E-state index in [0.717, 1.165) is 29.7 Å². The molecule has 0 aromatic heterocycles. The minimum atomic E-state index is -0.664. The van der Waals surface area contributed by atoms with Gasteiger partial charge < -0.3 is 14.9 Å². The van der Waals surface area contributed by atoms with Crippen molar-refractivity contribution in [1.29, 1.82) is 0 Å². The molecule has 4 rings (SSSR count). The first kappa shape index (κ1) is 26.4. The molecule has 5 nitrogen and oxygen atoms in total. The molecule has 1 aromatic carbocycles. The lowest BCUT2D eigenvalue weighted by atomic mass is 9.44. The normalized spacial score (nSPS) is 41.0. The Bertz CT molecular complexity index is 993. The van der Waals surface area contributed by atoms with Crippen LogP contribution in [0.2, 0.25) is 0 Å². The number of carbonyl (C=O) groups excluding carboxylic acids is 2. The van der Waals surface area contributed by atoms with Crippen molar-refractivity contribution >= 4 is 23.5 Å². The summed E-state index contributed by atoms with van der Waals surface area (Å²) in [6.07, 6.45) is 4.31. The largest absolute Gasteiger partial charge is 0.461 e. The van der Waals surface area contributed by atoms with Crippen molar-refractivity contribution in [2.75, 3.05) is 5.75 Å². The zero-order valence-electron chi connectivity index (χ0n) is 21.5. The molecular formula is C29H40O5S. The van der Waals surface area contributed by atoms with Crippen molar-refractivity contribution in [3.8, 4) is 0 Å². The van der Waals surface area contributed by atoms with Crippen LogP contribution in [0.3, 0.4) is 0 Å². The fourth-order valence-corrected chi connectivity index (χ4v) is 8.33. The standard InChI is InChI=1S/C29H40O5S/c1-6-27(4)15-23(34-24(32)17-35-21-9-7-8-20(14-21)16-30)28(5)18(2)10-12-29(19(3)26(27)33)13-11-22(31)25(28)29/h6-9,14,18-19,23,25-26,30,33H,1,10-13,15-17H2,2-5H3/t18?,19-,23+,25-,26-,27+,28-,29+/m0/s1. The average Bonchev–Trinajstić information content (AvgIpc) is 3.21. The number of esters is 1. The van der Waals surface area contributed by atoms with E-state index in [9.17, 15) is 19.8 Å². The molecule has 0 aliphatic heterocycles. The number of ketones is 1. The monoisotopic (exact) mass is 500 g/mol. The quantitative estimate of drug-likeness (QED) is 0.318. The van der Waals surface area contributed by atoms with E-state index >= 15 is 0 Å². The highest BCUT2D eigenvalue weighted by Gasteiger charge is 2.68. The van der Waals surface area contributed by atoms with Gasteiger partial charge in [0.05, 0.1) is 18.5 Å². The molecular weight excluding hydrogens is 460 g/mol. The third-order valence-electron chi connectivity index (χ3n) is 10.0. The lowest BCUT2D eigenvalue weighted by Crippen LogP contribution is -2.63. The Balaban J connectivity index is 1.66. The van der Waals surface area contributed by atoms with Gasteiger partial charge in [-0.25, -0.2) is 0 Å². The molecule has 2 bridgehead atoms.